The van der Waals surface area contributed by atoms with Crippen LogP contribution in [0.1, 0.15) is 38.7 Å². The molecule has 0 aromatic heterocycles. The van der Waals surface area contributed by atoms with E-state index in [4.69, 9.17) is 9.73 Å². The van der Waals surface area contributed by atoms with Crippen LogP contribution in [-0.4, -0.2) is 61.3 Å². The molecule has 3 rings (SSSR count). The lowest BCUT2D eigenvalue weighted by Crippen LogP contribution is -2.48. The van der Waals surface area contributed by atoms with E-state index >= 15 is 0 Å². The zero-order valence-electron chi connectivity index (χ0n) is 17.0. The molecule has 28 heavy (non-hydrogen) atoms. The molecule has 0 aliphatic carbocycles. The van der Waals surface area contributed by atoms with Gasteiger partial charge in [0, 0.05) is 49.3 Å². The van der Waals surface area contributed by atoms with E-state index in [-0.39, 0.29) is 35.2 Å². The van der Waals surface area contributed by atoms with Crippen LogP contribution in [0.15, 0.2) is 29.3 Å². The van der Waals surface area contributed by atoms with Crippen molar-refractivity contribution in [3.63, 3.8) is 0 Å². The monoisotopic (exact) mass is 521 g/mol. The number of halogens is 2. The SMILES string of the molecule is CCNC(=NCC1(c2ccc(F)cc2)CCOCC1)N1CCSC(CC)C1.I. The summed E-state index contributed by atoms with van der Waals surface area (Å²) in [6, 6.07) is 6.98. The second kappa shape index (κ2) is 11.6. The number of ether oxygens (including phenoxy) is 1. The van der Waals surface area contributed by atoms with E-state index in [0.29, 0.717) is 11.8 Å². The van der Waals surface area contributed by atoms with Crippen molar-refractivity contribution in [3.05, 3.63) is 35.6 Å². The molecule has 1 N–H and O–H groups in total. The Morgan fingerprint density at radius 3 is 2.64 bits per heavy atom. The standard InChI is InChI=1S/C21H32FN3OS.HI/c1-3-19-15-25(11-14-27-19)20(23-4-2)24-16-21(9-12-26-13-10-21)17-5-7-18(22)8-6-17;/h5-8,19H,3-4,9-16H2,1-2H3,(H,23,24);1H. The maximum absolute atomic E-state index is 13.4. The van der Waals surface area contributed by atoms with Gasteiger partial charge in [0.15, 0.2) is 5.96 Å². The number of nitrogens with one attached hydrogen (secondary N) is 1. The second-order valence-electron chi connectivity index (χ2n) is 7.42. The van der Waals surface area contributed by atoms with Gasteiger partial charge < -0.3 is 15.0 Å². The Kier molecular flexibility index (Phi) is 9.83. The molecule has 2 saturated heterocycles. The predicted molar refractivity (Wildman–Crippen MR) is 128 cm³/mol. The van der Waals surface area contributed by atoms with Crippen molar-refractivity contribution in [2.75, 3.05) is 45.1 Å². The van der Waals surface area contributed by atoms with Gasteiger partial charge in [-0.3, -0.25) is 4.99 Å². The highest BCUT2D eigenvalue weighted by Crippen LogP contribution is 2.35. The Morgan fingerprint density at radius 1 is 1.29 bits per heavy atom. The Morgan fingerprint density at radius 2 is 2.00 bits per heavy atom. The summed E-state index contributed by atoms with van der Waals surface area (Å²) in [6.07, 6.45) is 3.04. The average Bonchev–Trinajstić information content (AvgIpc) is 2.72. The zero-order valence-corrected chi connectivity index (χ0v) is 20.1. The summed E-state index contributed by atoms with van der Waals surface area (Å²) >= 11 is 2.07. The molecule has 0 radical (unpaired) electrons. The molecule has 0 spiro atoms. The summed E-state index contributed by atoms with van der Waals surface area (Å²) < 4.78 is 19.1. The van der Waals surface area contributed by atoms with Crippen LogP contribution in [0.5, 0.6) is 0 Å². The van der Waals surface area contributed by atoms with Crippen LogP contribution >= 0.6 is 35.7 Å². The third-order valence-electron chi connectivity index (χ3n) is 5.67. The highest BCUT2D eigenvalue weighted by molar-refractivity contribution is 14.0. The van der Waals surface area contributed by atoms with Crippen LogP contribution < -0.4 is 5.32 Å². The summed E-state index contributed by atoms with van der Waals surface area (Å²) in [6.45, 7) is 9.53. The molecule has 1 atom stereocenters. The molecule has 2 heterocycles. The Labute approximate surface area is 190 Å². The van der Waals surface area contributed by atoms with Gasteiger partial charge in [0.1, 0.15) is 5.82 Å². The van der Waals surface area contributed by atoms with E-state index < -0.39 is 0 Å². The molecular weight excluding hydrogens is 488 g/mol. The first-order valence-corrected chi connectivity index (χ1v) is 11.2. The van der Waals surface area contributed by atoms with Crippen LogP contribution in [0.2, 0.25) is 0 Å². The first-order valence-electron chi connectivity index (χ1n) is 10.2. The predicted octanol–water partition coefficient (Wildman–Crippen LogP) is 4.28. The van der Waals surface area contributed by atoms with Gasteiger partial charge in [-0.2, -0.15) is 11.8 Å². The molecule has 0 bridgehead atoms. The maximum atomic E-state index is 13.4. The van der Waals surface area contributed by atoms with Crippen LogP contribution in [0.3, 0.4) is 0 Å². The van der Waals surface area contributed by atoms with Gasteiger partial charge >= 0.3 is 0 Å². The molecule has 2 aliphatic heterocycles. The highest BCUT2D eigenvalue weighted by Gasteiger charge is 2.35. The molecule has 1 aromatic rings. The topological polar surface area (TPSA) is 36.9 Å². The molecule has 158 valence electrons. The van der Waals surface area contributed by atoms with E-state index in [9.17, 15) is 4.39 Å². The number of nitrogens with zero attached hydrogens (tertiary/aromatic N) is 2. The minimum atomic E-state index is -0.186. The largest absolute Gasteiger partial charge is 0.381 e. The highest BCUT2D eigenvalue weighted by atomic mass is 127. The second-order valence-corrected chi connectivity index (χ2v) is 8.83. The van der Waals surface area contributed by atoms with Crippen molar-refractivity contribution in [1.82, 2.24) is 10.2 Å². The molecule has 0 amide bonds. The molecule has 2 aliphatic rings. The first kappa shape index (κ1) is 23.7. The van der Waals surface area contributed by atoms with Crippen molar-refractivity contribution in [2.45, 2.75) is 43.8 Å². The summed E-state index contributed by atoms with van der Waals surface area (Å²) in [5, 5.41) is 4.17. The van der Waals surface area contributed by atoms with Gasteiger partial charge in [-0.15, -0.1) is 24.0 Å². The summed E-state index contributed by atoms with van der Waals surface area (Å²) in [5.41, 5.74) is 1.11. The van der Waals surface area contributed by atoms with Crippen LogP contribution in [-0.2, 0) is 10.2 Å². The lowest BCUT2D eigenvalue weighted by molar-refractivity contribution is 0.0530. The molecule has 1 unspecified atom stereocenters. The molecule has 7 heteroatoms. The number of thioether (sulfide) groups is 1. The molecular formula is C21H33FIN3OS. The number of aliphatic imine (C=N–C) groups is 1. The third-order valence-corrected chi connectivity index (χ3v) is 7.04. The first-order chi connectivity index (χ1) is 13.2. The fourth-order valence-electron chi connectivity index (χ4n) is 3.91. The molecule has 4 nitrogen and oxygen atoms in total. The normalized spacial score (nSPS) is 22.5. The zero-order chi connectivity index (χ0) is 19.1. The molecule has 1 aromatic carbocycles. The summed E-state index contributed by atoms with van der Waals surface area (Å²) in [5.74, 6) is 1.98. The van der Waals surface area contributed by atoms with Crippen LogP contribution in [0.4, 0.5) is 4.39 Å². The van der Waals surface area contributed by atoms with Crippen molar-refractivity contribution < 1.29 is 9.13 Å². The lowest BCUT2D eigenvalue weighted by atomic mass is 9.74. The van der Waals surface area contributed by atoms with Crippen molar-refractivity contribution in [2.24, 2.45) is 4.99 Å². The van der Waals surface area contributed by atoms with Gasteiger partial charge in [0.2, 0.25) is 0 Å². The summed E-state index contributed by atoms with van der Waals surface area (Å²) in [7, 11) is 0. The maximum Gasteiger partial charge on any atom is 0.194 e. The van der Waals surface area contributed by atoms with Gasteiger partial charge in [-0.25, -0.2) is 4.39 Å². The van der Waals surface area contributed by atoms with Gasteiger partial charge in [0.05, 0.1) is 6.54 Å². The van der Waals surface area contributed by atoms with Crippen molar-refractivity contribution in [1.29, 1.82) is 0 Å². The molecule has 0 saturated carbocycles. The minimum absolute atomic E-state index is 0. The smallest absolute Gasteiger partial charge is 0.194 e. The summed E-state index contributed by atoms with van der Waals surface area (Å²) in [4.78, 5) is 7.48. The number of hydrogen-bond donors (Lipinski definition) is 1. The minimum Gasteiger partial charge on any atom is -0.381 e. The fourth-order valence-corrected chi connectivity index (χ4v) is 5.09. The van der Waals surface area contributed by atoms with Gasteiger partial charge in [-0.05, 0) is 43.9 Å². The number of hydrogen-bond acceptors (Lipinski definition) is 3. The Bertz CT molecular complexity index is 623. The van der Waals surface area contributed by atoms with Crippen LogP contribution in [0, 0.1) is 5.82 Å². The lowest BCUT2D eigenvalue weighted by Gasteiger charge is -2.38. The van der Waals surface area contributed by atoms with Crippen molar-refractivity contribution in [3.8, 4) is 0 Å². The van der Waals surface area contributed by atoms with Crippen LogP contribution in [0.25, 0.3) is 0 Å². The number of guanidine groups is 1. The van der Waals surface area contributed by atoms with Gasteiger partial charge in [0.25, 0.3) is 0 Å². The Hall–Kier alpha value is -0.540. The fraction of sp³-hybridized carbons (Fsp3) is 0.667. The third kappa shape index (κ3) is 5.98. The number of rotatable bonds is 5. The van der Waals surface area contributed by atoms with E-state index in [1.807, 2.05) is 12.1 Å². The van der Waals surface area contributed by atoms with E-state index in [1.165, 1.54) is 12.0 Å². The van der Waals surface area contributed by atoms with E-state index in [1.54, 1.807) is 12.1 Å². The average molecular weight is 521 g/mol. The quantitative estimate of drug-likeness (QED) is 0.357. The van der Waals surface area contributed by atoms with Gasteiger partial charge in [-0.1, -0.05) is 19.1 Å². The Balaban J connectivity index is 0.00000280. The molecule has 2 fully saturated rings. The number of benzene rings is 1. The van der Waals surface area contributed by atoms with E-state index in [0.717, 1.165) is 57.4 Å². The van der Waals surface area contributed by atoms with Crippen molar-refractivity contribution >= 4 is 41.7 Å². The van der Waals surface area contributed by atoms with E-state index in [2.05, 4.69) is 35.8 Å².